The Morgan fingerprint density at radius 1 is 1.16 bits per heavy atom. The third-order valence-corrected chi connectivity index (χ3v) is 2.85. The van der Waals surface area contributed by atoms with Crippen LogP contribution in [0.2, 0.25) is 0 Å². The van der Waals surface area contributed by atoms with Gasteiger partial charge in [-0.25, -0.2) is 0 Å². The Morgan fingerprint density at radius 2 is 1.84 bits per heavy atom. The highest BCUT2D eigenvalue weighted by Gasteiger charge is 2.09. The molecule has 0 fully saturated rings. The number of aryl methyl sites for hydroxylation is 1. The van der Waals surface area contributed by atoms with Crippen LogP contribution in [-0.4, -0.2) is 16.1 Å². The summed E-state index contributed by atoms with van der Waals surface area (Å²) in [5.41, 5.74) is 2.68. The van der Waals surface area contributed by atoms with E-state index in [1.165, 1.54) is 6.07 Å². The van der Waals surface area contributed by atoms with E-state index in [0.29, 0.717) is 16.8 Å². The Labute approximate surface area is 111 Å². The molecule has 19 heavy (non-hydrogen) atoms. The van der Waals surface area contributed by atoms with Crippen molar-refractivity contribution < 1.29 is 15.0 Å². The van der Waals surface area contributed by atoms with Crippen LogP contribution in [0.5, 0.6) is 5.75 Å². The van der Waals surface area contributed by atoms with E-state index >= 15 is 0 Å². The van der Waals surface area contributed by atoms with Gasteiger partial charge in [0.15, 0.2) is 0 Å². The van der Waals surface area contributed by atoms with Crippen molar-refractivity contribution in [2.24, 2.45) is 0 Å². The Morgan fingerprint density at radius 3 is 2.42 bits per heavy atom. The molecular weight excluding hydrogens is 242 g/mol. The highest BCUT2D eigenvalue weighted by Crippen LogP contribution is 2.17. The first-order chi connectivity index (χ1) is 9.10. The third kappa shape index (κ3) is 3.11. The molecule has 98 valence electrons. The van der Waals surface area contributed by atoms with Crippen LogP contribution in [-0.2, 0) is 6.61 Å². The number of carbonyl (C=O) groups excluding carboxylic acids is 1. The summed E-state index contributed by atoms with van der Waals surface area (Å²) in [6, 6.07) is 11.6. The summed E-state index contributed by atoms with van der Waals surface area (Å²) in [6.07, 6.45) is 0. The minimum Gasteiger partial charge on any atom is -0.508 e. The Bertz CT molecular complexity index is 591. The Balaban J connectivity index is 2.15. The van der Waals surface area contributed by atoms with Gasteiger partial charge in [0, 0.05) is 11.3 Å². The average molecular weight is 257 g/mol. The van der Waals surface area contributed by atoms with Gasteiger partial charge in [0.1, 0.15) is 5.75 Å². The number of phenols is 1. The van der Waals surface area contributed by atoms with Crippen LogP contribution < -0.4 is 5.32 Å². The number of phenolic OH excluding ortho intramolecular Hbond substituents is 1. The number of benzene rings is 2. The average Bonchev–Trinajstić information content (AvgIpc) is 2.39. The lowest BCUT2D eigenvalue weighted by atomic mass is 10.1. The molecule has 4 nitrogen and oxygen atoms in total. The topological polar surface area (TPSA) is 69.6 Å². The fourth-order valence-corrected chi connectivity index (χ4v) is 1.79. The zero-order valence-electron chi connectivity index (χ0n) is 10.6. The molecule has 0 aliphatic carbocycles. The maximum atomic E-state index is 12.1. The first-order valence-corrected chi connectivity index (χ1v) is 5.91. The van der Waals surface area contributed by atoms with E-state index in [2.05, 4.69) is 5.32 Å². The molecule has 3 N–H and O–H groups in total. The minimum absolute atomic E-state index is 0.0225. The summed E-state index contributed by atoms with van der Waals surface area (Å²) in [5, 5.41) is 21.0. The van der Waals surface area contributed by atoms with E-state index in [0.717, 1.165) is 5.56 Å². The van der Waals surface area contributed by atoms with E-state index < -0.39 is 0 Å². The second-order valence-corrected chi connectivity index (χ2v) is 4.31. The fourth-order valence-electron chi connectivity index (χ4n) is 1.79. The van der Waals surface area contributed by atoms with Gasteiger partial charge in [0.2, 0.25) is 0 Å². The first kappa shape index (κ1) is 13.1. The Hall–Kier alpha value is -2.33. The van der Waals surface area contributed by atoms with Gasteiger partial charge < -0.3 is 15.5 Å². The summed E-state index contributed by atoms with van der Waals surface area (Å²) in [5.74, 6) is -0.0874. The lowest BCUT2D eigenvalue weighted by molar-refractivity contribution is 0.102. The van der Waals surface area contributed by atoms with E-state index in [1.54, 1.807) is 43.3 Å². The number of aliphatic hydroxyl groups is 1. The Kier molecular flexibility index (Phi) is 3.82. The molecule has 1 amide bonds. The highest BCUT2D eigenvalue weighted by atomic mass is 16.3. The standard InChI is InChI=1S/C15H15NO3/c1-10-8-13(18)6-7-14(10)15(19)16-12-4-2-11(9-17)3-5-12/h2-8,17-18H,9H2,1H3,(H,16,19). The van der Waals surface area contributed by atoms with Crippen molar-refractivity contribution in [3.05, 3.63) is 59.2 Å². The second-order valence-electron chi connectivity index (χ2n) is 4.31. The van der Waals surface area contributed by atoms with E-state index in [9.17, 15) is 9.90 Å². The smallest absolute Gasteiger partial charge is 0.255 e. The van der Waals surface area contributed by atoms with Crippen molar-refractivity contribution in [3.63, 3.8) is 0 Å². The van der Waals surface area contributed by atoms with Crippen LogP contribution in [0.3, 0.4) is 0 Å². The number of aromatic hydroxyl groups is 1. The normalized spacial score (nSPS) is 10.2. The second kappa shape index (κ2) is 5.54. The molecule has 2 aromatic rings. The number of anilines is 1. The predicted molar refractivity (Wildman–Crippen MR) is 73.2 cm³/mol. The number of hydrogen-bond donors (Lipinski definition) is 3. The summed E-state index contributed by atoms with van der Waals surface area (Å²) >= 11 is 0. The van der Waals surface area contributed by atoms with Crippen LogP contribution in [0, 0.1) is 6.92 Å². The minimum atomic E-state index is -0.228. The maximum Gasteiger partial charge on any atom is 0.255 e. The number of amides is 1. The van der Waals surface area contributed by atoms with Gasteiger partial charge >= 0.3 is 0 Å². The van der Waals surface area contributed by atoms with Crippen molar-refractivity contribution in [2.75, 3.05) is 5.32 Å². The summed E-state index contributed by atoms with van der Waals surface area (Å²) in [4.78, 5) is 12.1. The van der Waals surface area contributed by atoms with Gasteiger partial charge in [-0.3, -0.25) is 4.79 Å². The van der Waals surface area contributed by atoms with Gasteiger partial charge in [-0.05, 0) is 48.4 Å². The SMILES string of the molecule is Cc1cc(O)ccc1C(=O)Nc1ccc(CO)cc1. The molecule has 0 aliphatic heterocycles. The van der Waals surface area contributed by atoms with Gasteiger partial charge in [0.05, 0.1) is 6.61 Å². The molecule has 4 heteroatoms. The zero-order valence-corrected chi connectivity index (χ0v) is 10.6. The number of hydrogen-bond acceptors (Lipinski definition) is 3. The van der Waals surface area contributed by atoms with Crippen molar-refractivity contribution in [2.45, 2.75) is 13.5 Å². The van der Waals surface area contributed by atoms with Gasteiger partial charge in [-0.1, -0.05) is 12.1 Å². The largest absolute Gasteiger partial charge is 0.508 e. The summed E-state index contributed by atoms with van der Waals surface area (Å²) in [7, 11) is 0. The van der Waals surface area contributed by atoms with E-state index in [-0.39, 0.29) is 18.3 Å². The number of aliphatic hydroxyl groups excluding tert-OH is 1. The van der Waals surface area contributed by atoms with E-state index in [1.807, 2.05) is 0 Å². The molecule has 0 saturated heterocycles. The van der Waals surface area contributed by atoms with Gasteiger partial charge in [-0.2, -0.15) is 0 Å². The highest BCUT2D eigenvalue weighted by molar-refractivity contribution is 6.05. The molecule has 0 saturated carbocycles. The van der Waals surface area contributed by atoms with Crippen LogP contribution in [0.25, 0.3) is 0 Å². The molecule has 0 aliphatic rings. The van der Waals surface area contributed by atoms with Crippen LogP contribution in [0.15, 0.2) is 42.5 Å². The molecule has 0 bridgehead atoms. The van der Waals surface area contributed by atoms with Gasteiger partial charge in [0.25, 0.3) is 5.91 Å². The summed E-state index contributed by atoms with van der Waals surface area (Å²) < 4.78 is 0. The van der Waals surface area contributed by atoms with Crippen molar-refractivity contribution in [1.29, 1.82) is 0 Å². The van der Waals surface area contributed by atoms with Crippen molar-refractivity contribution in [1.82, 2.24) is 0 Å². The number of carbonyl (C=O) groups is 1. The molecule has 2 rings (SSSR count). The molecular formula is C15H15NO3. The van der Waals surface area contributed by atoms with Crippen LogP contribution in [0.1, 0.15) is 21.5 Å². The molecule has 0 unspecified atom stereocenters. The maximum absolute atomic E-state index is 12.1. The van der Waals surface area contributed by atoms with Crippen LogP contribution in [0.4, 0.5) is 5.69 Å². The molecule has 2 aromatic carbocycles. The van der Waals surface area contributed by atoms with Crippen LogP contribution >= 0.6 is 0 Å². The quantitative estimate of drug-likeness (QED) is 0.791. The predicted octanol–water partition coefficient (Wildman–Crippen LogP) is 2.45. The van der Waals surface area contributed by atoms with Crippen molar-refractivity contribution in [3.8, 4) is 5.75 Å². The third-order valence-electron chi connectivity index (χ3n) is 2.85. The molecule has 0 atom stereocenters. The number of nitrogens with one attached hydrogen (secondary N) is 1. The number of rotatable bonds is 3. The lowest BCUT2D eigenvalue weighted by Crippen LogP contribution is -2.13. The summed E-state index contributed by atoms with van der Waals surface area (Å²) in [6.45, 7) is 1.74. The first-order valence-electron chi connectivity index (χ1n) is 5.91. The molecule has 0 heterocycles. The van der Waals surface area contributed by atoms with Crippen molar-refractivity contribution >= 4 is 11.6 Å². The fraction of sp³-hybridized carbons (Fsp3) is 0.133. The zero-order chi connectivity index (χ0) is 13.8. The van der Waals surface area contributed by atoms with Gasteiger partial charge in [-0.15, -0.1) is 0 Å². The van der Waals surface area contributed by atoms with E-state index in [4.69, 9.17) is 5.11 Å². The lowest BCUT2D eigenvalue weighted by Gasteiger charge is -2.08. The molecule has 0 spiro atoms. The monoisotopic (exact) mass is 257 g/mol. The molecule has 0 aromatic heterocycles. The molecule has 0 radical (unpaired) electrons.